The van der Waals surface area contributed by atoms with E-state index in [9.17, 15) is 19.5 Å². The largest absolute Gasteiger partial charge is 0.462 e. The molecule has 2 heterocycles. The zero-order valence-electron chi connectivity index (χ0n) is 18.8. The zero-order chi connectivity index (χ0) is 24.6. The minimum Gasteiger partial charge on any atom is -0.462 e. The second kappa shape index (κ2) is 10.1. The first kappa shape index (κ1) is 25.7. The number of ether oxygens (including phenoxy) is 4. The van der Waals surface area contributed by atoms with E-state index in [1.165, 1.54) is 25.3 Å². The number of aliphatic hydroxyl groups excluding tert-OH is 1. The van der Waals surface area contributed by atoms with Gasteiger partial charge in [-0.3, -0.25) is 19.0 Å². The van der Waals surface area contributed by atoms with Crippen LogP contribution >= 0.6 is 31.9 Å². The Morgan fingerprint density at radius 2 is 1.73 bits per heavy atom. The Labute approximate surface area is 207 Å². The molecule has 1 N–H and O–H groups in total. The molecule has 1 fully saturated rings. The number of esters is 2. The van der Waals surface area contributed by atoms with E-state index in [0.717, 1.165) is 14.5 Å². The first-order chi connectivity index (χ1) is 15.5. The van der Waals surface area contributed by atoms with Crippen molar-refractivity contribution in [1.82, 2.24) is 4.57 Å². The van der Waals surface area contributed by atoms with Gasteiger partial charge >= 0.3 is 11.9 Å². The summed E-state index contributed by atoms with van der Waals surface area (Å²) >= 11 is 7.09. The van der Waals surface area contributed by atoms with Gasteiger partial charge in [-0.05, 0) is 34.5 Å². The predicted molar refractivity (Wildman–Crippen MR) is 125 cm³/mol. The summed E-state index contributed by atoms with van der Waals surface area (Å²) in [7, 11) is 0. The van der Waals surface area contributed by atoms with Gasteiger partial charge in [-0.2, -0.15) is 0 Å². The Morgan fingerprint density at radius 3 is 2.27 bits per heavy atom. The first-order valence-electron chi connectivity index (χ1n) is 10.2. The third kappa shape index (κ3) is 5.11. The summed E-state index contributed by atoms with van der Waals surface area (Å²) in [6.07, 6.45) is -2.32. The Bertz CT molecular complexity index is 1100. The van der Waals surface area contributed by atoms with Gasteiger partial charge < -0.3 is 24.1 Å². The molecule has 0 spiro atoms. The van der Waals surface area contributed by atoms with Crippen LogP contribution in [0.3, 0.4) is 0 Å². The third-order valence-corrected chi connectivity index (χ3v) is 7.31. The molecule has 1 aromatic carbocycles. The zero-order valence-corrected chi connectivity index (χ0v) is 21.9. The molecule has 0 amide bonds. The minimum absolute atomic E-state index is 0.212. The van der Waals surface area contributed by atoms with Gasteiger partial charge in [0, 0.05) is 29.7 Å². The van der Waals surface area contributed by atoms with Crippen LogP contribution < -0.4 is 4.74 Å². The highest BCUT2D eigenvalue weighted by Crippen LogP contribution is 2.41. The van der Waals surface area contributed by atoms with Crippen LogP contribution in [0.5, 0.6) is 5.75 Å². The molecule has 33 heavy (non-hydrogen) atoms. The summed E-state index contributed by atoms with van der Waals surface area (Å²) in [5.41, 5.74) is 1.53. The standard InChI is InChI=1S/C22H25Br2NO8/c1-9-14(23)6-15-18(19(9)24)16(7-25(15)11(3)27)32-22-10(2)20(30-12(4)28)21(31-13(5)29)17(8-26)33-22/h6-7,10,17,20-22,26H,8H2,1-5H3/t10-,17-,20-,21-,22-/m1/s1. The lowest BCUT2D eigenvalue weighted by atomic mass is 9.92. The van der Waals surface area contributed by atoms with Gasteiger partial charge in [-0.1, -0.05) is 22.9 Å². The Kier molecular flexibility index (Phi) is 7.87. The molecule has 11 heteroatoms. The molecule has 2 aromatic rings. The third-order valence-electron chi connectivity index (χ3n) is 5.49. The van der Waals surface area contributed by atoms with Crippen molar-refractivity contribution in [2.75, 3.05) is 6.61 Å². The number of carbonyl (C=O) groups is 3. The second-order valence-corrected chi connectivity index (χ2v) is 9.57. The maximum Gasteiger partial charge on any atom is 0.303 e. The van der Waals surface area contributed by atoms with Crippen LogP contribution in [-0.2, 0) is 23.8 Å². The van der Waals surface area contributed by atoms with Crippen molar-refractivity contribution in [2.45, 2.75) is 59.2 Å². The van der Waals surface area contributed by atoms with Crippen molar-refractivity contribution in [3.8, 4) is 5.75 Å². The van der Waals surface area contributed by atoms with Crippen LogP contribution in [0, 0.1) is 12.8 Å². The number of fused-ring (bicyclic) bond motifs is 1. The molecule has 9 nitrogen and oxygen atoms in total. The van der Waals surface area contributed by atoms with Gasteiger partial charge in [0.15, 0.2) is 6.10 Å². The lowest BCUT2D eigenvalue weighted by molar-refractivity contribution is -0.266. The molecule has 180 valence electrons. The molecule has 0 bridgehead atoms. The van der Waals surface area contributed by atoms with Crippen LogP contribution in [0.2, 0.25) is 0 Å². The van der Waals surface area contributed by atoms with Crippen LogP contribution in [-0.4, -0.2) is 58.7 Å². The van der Waals surface area contributed by atoms with Crippen molar-refractivity contribution in [1.29, 1.82) is 0 Å². The van der Waals surface area contributed by atoms with Crippen molar-refractivity contribution in [3.05, 3.63) is 26.8 Å². The SMILES string of the molecule is CC(=O)O[C@@H]1[C@@H](C)[C@H](Oc2cn(C(C)=O)c3cc(Br)c(C)c(Br)c23)O[C@H](CO)[C@H]1OC(C)=O. The summed E-state index contributed by atoms with van der Waals surface area (Å²) in [4.78, 5) is 35.6. The average Bonchev–Trinajstić information content (AvgIpc) is 3.08. The number of rotatable bonds is 5. The molecule has 1 aliphatic rings. The Balaban J connectivity index is 2.05. The molecule has 0 radical (unpaired) electrons. The van der Waals surface area contributed by atoms with E-state index in [-0.39, 0.29) is 5.91 Å². The molecule has 1 aliphatic heterocycles. The van der Waals surface area contributed by atoms with Gasteiger partial charge in [-0.25, -0.2) is 0 Å². The van der Waals surface area contributed by atoms with Crippen LogP contribution in [0.4, 0.5) is 0 Å². The van der Waals surface area contributed by atoms with Crippen LogP contribution in [0.15, 0.2) is 21.2 Å². The van der Waals surface area contributed by atoms with Gasteiger partial charge in [0.2, 0.25) is 12.2 Å². The van der Waals surface area contributed by atoms with Gasteiger partial charge in [0.05, 0.1) is 29.6 Å². The molecule has 1 saturated heterocycles. The summed E-state index contributed by atoms with van der Waals surface area (Å²) in [6, 6.07) is 1.82. The van der Waals surface area contributed by atoms with E-state index in [0.29, 0.717) is 16.7 Å². The van der Waals surface area contributed by atoms with Crippen molar-refractivity contribution >= 4 is 60.6 Å². The quantitative estimate of drug-likeness (QED) is 0.524. The average molecular weight is 591 g/mol. The fourth-order valence-electron chi connectivity index (χ4n) is 3.88. The van der Waals surface area contributed by atoms with Gasteiger partial charge in [0.25, 0.3) is 0 Å². The predicted octanol–water partition coefficient (Wildman–Crippen LogP) is 3.73. The summed E-state index contributed by atoms with van der Waals surface area (Å²) in [6.45, 7) is 7.05. The monoisotopic (exact) mass is 589 g/mol. The van der Waals surface area contributed by atoms with E-state index < -0.39 is 49.1 Å². The molecular formula is C22H25Br2NO8. The normalized spacial score (nSPS) is 25.0. The number of carbonyl (C=O) groups excluding carboxylic acids is 3. The number of benzene rings is 1. The van der Waals surface area contributed by atoms with Gasteiger partial charge in [0.1, 0.15) is 18.0 Å². The highest BCUT2D eigenvalue weighted by molar-refractivity contribution is 9.11. The maximum absolute atomic E-state index is 12.3. The number of nitrogens with zero attached hydrogens (tertiary/aromatic N) is 1. The Morgan fingerprint density at radius 1 is 1.12 bits per heavy atom. The number of aromatic nitrogens is 1. The topological polar surface area (TPSA) is 113 Å². The minimum atomic E-state index is -1.00. The molecule has 1 aromatic heterocycles. The Hall–Kier alpha value is -1.95. The lowest BCUT2D eigenvalue weighted by Crippen LogP contribution is -2.58. The van der Waals surface area contributed by atoms with E-state index in [4.69, 9.17) is 18.9 Å². The fraction of sp³-hybridized carbons (Fsp3) is 0.500. The summed E-state index contributed by atoms with van der Waals surface area (Å²) in [5.74, 6) is -1.59. The number of hydrogen-bond donors (Lipinski definition) is 1. The lowest BCUT2D eigenvalue weighted by Gasteiger charge is -2.43. The van der Waals surface area contributed by atoms with E-state index in [1.54, 1.807) is 13.1 Å². The molecule has 0 saturated carbocycles. The number of halogens is 2. The number of hydrogen-bond acceptors (Lipinski definition) is 8. The van der Waals surface area contributed by atoms with E-state index in [2.05, 4.69) is 31.9 Å². The van der Waals surface area contributed by atoms with Crippen molar-refractivity contribution in [3.63, 3.8) is 0 Å². The second-order valence-electron chi connectivity index (χ2n) is 7.92. The summed E-state index contributed by atoms with van der Waals surface area (Å²) in [5, 5.41) is 10.5. The molecule has 3 rings (SSSR count). The van der Waals surface area contributed by atoms with E-state index in [1.807, 2.05) is 13.0 Å². The molecule has 0 aliphatic carbocycles. The van der Waals surface area contributed by atoms with Crippen molar-refractivity contribution < 1.29 is 38.4 Å². The maximum atomic E-state index is 12.3. The summed E-state index contributed by atoms with van der Waals surface area (Å²) < 4.78 is 25.9. The first-order valence-corrected chi connectivity index (χ1v) is 11.8. The molecular weight excluding hydrogens is 566 g/mol. The molecule has 5 atom stereocenters. The number of aliphatic hydroxyl groups is 1. The fourth-order valence-corrected chi connectivity index (χ4v) is 5.17. The van der Waals surface area contributed by atoms with E-state index >= 15 is 0 Å². The van der Waals surface area contributed by atoms with Crippen molar-refractivity contribution in [2.24, 2.45) is 5.92 Å². The van der Waals surface area contributed by atoms with Crippen LogP contribution in [0.25, 0.3) is 10.9 Å². The van der Waals surface area contributed by atoms with Crippen LogP contribution in [0.1, 0.15) is 38.1 Å². The highest BCUT2D eigenvalue weighted by Gasteiger charge is 2.49. The highest BCUT2D eigenvalue weighted by atomic mass is 79.9. The van der Waals surface area contributed by atoms with Gasteiger partial charge in [-0.15, -0.1) is 0 Å². The smallest absolute Gasteiger partial charge is 0.303 e. The molecule has 0 unspecified atom stereocenters.